The van der Waals surface area contributed by atoms with Crippen molar-refractivity contribution in [2.24, 2.45) is 5.92 Å². The van der Waals surface area contributed by atoms with E-state index in [1.165, 1.54) is 18.2 Å². The van der Waals surface area contributed by atoms with Gasteiger partial charge in [0.2, 0.25) is 0 Å². The Balaban J connectivity index is 2.72. The maximum atomic E-state index is 13.4. The predicted molar refractivity (Wildman–Crippen MR) is 66.3 cm³/mol. The van der Waals surface area contributed by atoms with E-state index in [2.05, 4.69) is 6.58 Å². The maximum Gasteiger partial charge on any atom is 0.336 e. The van der Waals surface area contributed by atoms with Crippen molar-refractivity contribution < 1.29 is 19.0 Å². The van der Waals surface area contributed by atoms with Crippen molar-refractivity contribution in [3.05, 3.63) is 47.8 Å². The third-order valence-corrected chi connectivity index (χ3v) is 2.34. The van der Waals surface area contributed by atoms with Gasteiger partial charge in [-0.15, -0.1) is 0 Å². The summed E-state index contributed by atoms with van der Waals surface area (Å²) in [5, 5.41) is 9.87. The van der Waals surface area contributed by atoms with Gasteiger partial charge in [-0.05, 0) is 12.0 Å². The molecule has 0 saturated heterocycles. The average molecular weight is 252 g/mol. The highest BCUT2D eigenvalue weighted by atomic mass is 19.1. The lowest BCUT2D eigenvalue weighted by atomic mass is 10.0. The summed E-state index contributed by atoms with van der Waals surface area (Å²) >= 11 is 0. The van der Waals surface area contributed by atoms with Crippen molar-refractivity contribution in [1.82, 2.24) is 0 Å². The van der Waals surface area contributed by atoms with Gasteiger partial charge in [0, 0.05) is 5.56 Å². The summed E-state index contributed by atoms with van der Waals surface area (Å²) in [6.45, 7) is 7.48. The predicted octanol–water partition coefficient (Wildman–Crippen LogP) is 2.61. The molecule has 0 spiro atoms. The minimum atomic E-state index is -1.38. The number of aliphatic hydroxyl groups excluding tert-OH is 1. The largest absolute Gasteiger partial charge is 0.462 e. The van der Waals surface area contributed by atoms with Crippen LogP contribution in [0.15, 0.2) is 36.4 Å². The van der Waals surface area contributed by atoms with E-state index < -0.39 is 17.9 Å². The average Bonchev–Trinajstić information content (AvgIpc) is 2.34. The second kappa shape index (κ2) is 6.31. The Morgan fingerprint density at radius 3 is 2.61 bits per heavy atom. The molecule has 0 radical (unpaired) electrons. The molecule has 1 aromatic rings. The fourth-order valence-electron chi connectivity index (χ4n) is 1.33. The van der Waals surface area contributed by atoms with Gasteiger partial charge >= 0.3 is 5.97 Å². The van der Waals surface area contributed by atoms with Crippen molar-refractivity contribution in [1.29, 1.82) is 0 Å². The first-order chi connectivity index (χ1) is 8.43. The van der Waals surface area contributed by atoms with Gasteiger partial charge in [-0.2, -0.15) is 0 Å². The van der Waals surface area contributed by atoms with Crippen LogP contribution in [0.4, 0.5) is 4.39 Å². The van der Waals surface area contributed by atoms with Crippen LogP contribution in [0.5, 0.6) is 0 Å². The molecule has 1 rings (SSSR count). The van der Waals surface area contributed by atoms with Gasteiger partial charge in [0.25, 0.3) is 0 Å². The van der Waals surface area contributed by atoms with E-state index in [0.717, 1.165) is 0 Å². The summed E-state index contributed by atoms with van der Waals surface area (Å²) in [6, 6.07) is 5.70. The molecule has 0 heterocycles. The molecule has 0 fully saturated rings. The number of rotatable bonds is 5. The molecule has 1 atom stereocenters. The number of esters is 1. The molecule has 3 nitrogen and oxygen atoms in total. The van der Waals surface area contributed by atoms with Gasteiger partial charge < -0.3 is 9.84 Å². The van der Waals surface area contributed by atoms with Crippen molar-refractivity contribution in [2.75, 3.05) is 6.61 Å². The van der Waals surface area contributed by atoms with Crippen molar-refractivity contribution in [2.45, 2.75) is 20.0 Å². The highest BCUT2D eigenvalue weighted by Gasteiger charge is 2.22. The maximum absolute atomic E-state index is 13.4. The molecule has 0 aliphatic heterocycles. The normalized spacial score (nSPS) is 12.3. The molecule has 0 aliphatic carbocycles. The lowest BCUT2D eigenvalue weighted by Crippen LogP contribution is -2.17. The number of hydrogen-bond donors (Lipinski definition) is 1. The van der Waals surface area contributed by atoms with Gasteiger partial charge in [-0.1, -0.05) is 38.6 Å². The number of carbonyl (C=O) groups is 1. The third kappa shape index (κ3) is 3.67. The zero-order chi connectivity index (χ0) is 13.7. The highest BCUT2D eigenvalue weighted by Crippen LogP contribution is 2.23. The number of ether oxygens (including phenoxy) is 1. The molecular formula is C14H17FO3. The van der Waals surface area contributed by atoms with Crippen LogP contribution in [-0.4, -0.2) is 17.7 Å². The van der Waals surface area contributed by atoms with E-state index in [1.54, 1.807) is 6.07 Å². The smallest absolute Gasteiger partial charge is 0.336 e. The molecule has 1 N–H and O–H groups in total. The van der Waals surface area contributed by atoms with E-state index >= 15 is 0 Å². The zero-order valence-electron chi connectivity index (χ0n) is 10.5. The first kappa shape index (κ1) is 14.4. The zero-order valence-corrected chi connectivity index (χ0v) is 10.5. The molecule has 1 unspecified atom stereocenters. The van der Waals surface area contributed by atoms with Crippen LogP contribution in [0.1, 0.15) is 25.5 Å². The van der Waals surface area contributed by atoms with Crippen molar-refractivity contribution in [3.8, 4) is 0 Å². The summed E-state index contributed by atoms with van der Waals surface area (Å²) in [4.78, 5) is 11.6. The molecule has 0 saturated carbocycles. The monoisotopic (exact) mass is 252 g/mol. The minimum absolute atomic E-state index is 0.0176. The molecule has 4 heteroatoms. The van der Waals surface area contributed by atoms with Crippen LogP contribution in [0.2, 0.25) is 0 Å². The Morgan fingerprint density at radius 1 is 1.44 bits per heavy atom. The van der Waals surface area contributed by atoms with E-state index in [4.69, 9.17) is 4.74 Å². The second-order valence-electron chi connectivity index (χ2n) is 4.44. The summed E-state index contributed by atoms with van der Waals surface area (Å²) in [6.07, 6.45) is -1.38. The molecule has 0 amide bonds. The van der Waals surface area contributed by atoms with Crippen LogP contribution in [-0.2, 0) is 9.53 Å². The van der Waals surface area contributed by atoms with Crippen LogP contribution in [0.25, 0.3) is 0 Å². The standard InChI is InChI=1S/C14H17FO3/c1-9(2)8-18-14(17)10(3)13(16)11-6-4-5-7-12(11)15/h4-7,9,13,16H,3,8H2,1-2H3. The second-order valence-corrected chi connectivity index (χ2v) is 4.44. The van der Waals surface area contributed by atoms with E-state index in [-0.39, 0.29) is 23.7 Å². The summed E-state index contributed by atoms with van der Waals surface area (Å²) < 4.78 is 18.4. The molecule has 0 aliphatic rings. The number of aliphatic hydroxyl groups is 1. The highest BCUT2D eigenvalue weighted by molar-refractivity contribution is 5.89. The number of benzene rings is 1. The van der Waals surface area contributed by atoms with E-state index in [0.29, 0.717) is 0 Å². The molecule has 18 heavy (non-hydrogen) atoms. The minimum Gasteiger partial charge on any atom is -0.462 e. The summed E-state index contributed by atoms with van der Waals surface area (Å²) in [5.41, 5.74) is -0.148. The number of carbonyl (C=O) groups excluding carboxylic acids is 1. The molecule has 1 aromatic carbocycles. The van der Waals surface area contributed by atoms with Crippen LogP contribution in [0.3, 0.4) is 0 Å². The quantitative estimate of drug-likeness (QED) is 0.647. The third-order valence-electron chi connectivity index (χ3n) is 2.34. The SMILES string of the molecule is C=C(C(=O)OCC(C)C)C(O)c1ccccc1F. The lowest BCUT2D eigenvalue weighted by Gasteiger charge is -2.14. The number of halogens is 1. The van der Waals surface area contributed by atoms with E-state index in [1.807, 2.05) is 13.8 Å². The Hall–Kier alpha value is -1.68. The Morgan fingerprint density at radius 2 is 2.06 bits per heavy atom. The summed E-state index contributed by atoms with van der Waals surface area (Å²) in [7, 11) is 0. The lowest BCUT2D eigenvalue weighted by molar-refractivity contribution is -0.141. The molecule has 0 bridgehead atoms. The molecule has 0 aromatic heterocycles. The molecule has 98 valence electrons. The van der Waals surface area contributed by atoms with Gasteiger partial charge in [-0.3, -0.25) is 0 Å². The first-order valence-electron chi connectivity index (χ1n) is 5.72. The van der Waals surface area contributed by atoms with Gasteiger partial charge in [0.1, 0.15) is 11.9 Å². The Labute approximate surface area is 106 Å². The fourth-order valence-corrected chi connectivity index (χ4v) is 1.33. The van der Waals surface area contributed by atoms with Crippen molar-refractivity contribution >= 4 is 5.97 Å². The molecular weight excluding hydrogens is 235 g/mol. The first-order valence-corrected chi connectivity index (χ1v) is 5.72. The topological polar surface area (TPSA) is 46.5 Å². The van der Waals surface area contributed by atoms with Gasteiger partial charge in [0.05, 0.1) is 12.2 Å². The van der Waals surface area contributed by atoms with Crippen LogP contribution in [0, 0.1) is 11.7 Å². The van der Waals surface area contributed by atoms with Gasteiger partial charge in [-0.25, -0.2) is 9.18 Å². The van der Waals surface area contributed by atoms with Gasteiger partial charge in [0.15, 0.2) is 0 Å². The van der Waals surface area contributed by atoms with Crippen molar-refractivity contribution in [3.63, 3.8) is 0 Å². The fraction of sp³-hybridized carbons (Fsp3) is 0.357. The number of hydrogen-bond acceptors (Lipinski definition) is 3. The van der Waals surface area contributed by atoms with E-state index in [9.17, 15) is 14.3 Å². The van der Waals surface area contributed by atoms with Crippen LogP contribution >= 0.6 is 0 Å². The Bertz CT molecular complexity index is 440. The Kier molecular flexibility index (Phi) is 5.04. The van der Waals surface area contributed by atoms with Crippen LogP contribution < -0.4 is 0 Å². The summed E-state index contributed by atoms with van der Waals surface area (Å²) in [5.74, 6) is -1.10.